The first-order valence-electron chi connectivity index (χ1n) is 10.3. The first-order valence-corrected chi connectivity index (χ1v) is 11.9. The van der Waals surface area contributed by atoms with Crippen LogP contribution in [0.4, 0.5) is 24.7 Å². The molecule has 0 bridgehead atoms. The van der Waals surface area contributed by atoms with Gasteiger partial charge in [0.05, 0.1) is 35.1 Å². The Morgan fingerprint density at radius 1 is 1.06 bits per heavy atom. The Hall–Kier alpha value is -3.28. The SMILES string of the molecule is CCS(=O)(=O)c1ccc(OCC(F)(F)F)c(Nc2ncnc3cc(OC(C)C)c(OC)cc23)c1. The van der Waals surface area contributed by atoms with Crippen molar-refractivity contribution in [3.05, 3.63) is 36.7 Å². The molecule has 34 heavy (non-hydrogen) atoms. The molecule has 0 spiro atoms. The molecule has 12 heteroatoms. The number of nitrogens with one attached hydrogen (secondary N) is 1. The van der Waals surface area contributed by atoms with E-state index in [0.29, 0.717) is 22.4 Å². The summed E-state index contributed by atoms with van der Waals surface area (Å²) in [6.45, 7) is 3.64. The van der Waals surface area contributed by atoms with Gasteiger partial charge < -0.3 is 19.5 Å². The number of rotatable bonds is 9. The van der Waals surface area contributed by atoms with Gasteiger partial charge in [0.15, 0.2) is 27.9 Å². The number of halogens is 3. The van der Waals surface area contributed by atoms with Crippen LogP contribution in [-0.4, -0.2) is 50.1 Å². The van der Waals surface area contributed by atoms with E-state index in [2.05, 4.69) is 15.3 Å². The zero-order valence-corrected chi connectivity index (χ0v) is 19.7. The zero-order valence-electron chi connectivity index (χ0n) is 18.9. The van der Waals surface area contributed by atoms with Crippen LogP contribution in [0, 0.1) is 0 Å². The molecule has 0 aliphatic carbocycles. The highest BCUT2D eigenvalue weighted by Crippen LogP contribution is 2.37. The third kappa shape index (κ3) is 5.99. The number of anilines is 2. The summed E-state index contributed by atoms with van der Waals surface area (Å²) in [4.78, 5) is 8.34. The molecule has 184 valence electrons. The predicted molar refractivity (Wildman–Crippen MR) is 121 cm³/mol. The molecule has 3 aromatic rings. The molecule has 0 aliphatic heterocycles. The molecule has 1 aromatic heterocycles. The van der Waals surface area contributed by atoms with Gasteiger partial charge in [-0.1, -0.05) is 6.92 Å². The molecule has 0 atom stereocenters. The third-order valence-electron chi connectivity index (χ3n) is 4.62. The average Bonchev–Trinajstić information content (AvgIpc) is 2.77. The van der Waals surface area contributed by atoms with Crippen molar-refractivity contribution in [2.45, 2.75) is 37.9 Å². The second kappa shape index (κ2) is 9.92. The monoisotopic (exact) mass is 499 g/mol. The predicted octanol–water partition coefficient (Wildman–Crippen LogP) is 4.90. The molecular formula is C22H24F3N3O5S. The van der Waals surface area contributed by atoms with E-state index < -0.39 is 22.6 Å². The highest BCUT2D eigenvalue weighted by molar-refractivity contribution is 7.91. The number of alkyl halides is 3. The molecule has 0 saturated carbocycles. The minimum Gasteiger partial charge on any atom is -0.493 e. The summed E-state index contributed by atoms with van der Waals surface area (Å²) in [6.07, 6.45) is -3.44. The van der Waals surface area contributed by atoms with Gasteiger partial charge >= 0.3 is 6.18 Å². The summed E-state index contributed by atoms with van der Waals surface area (Å²) in [5.74, 6) is 0.699. The Balaban J connectivity index is 2.10. The van der Waals surface area contributed by atoms with Gasteiger partial charge in [0.25, 0.3) is 0 Å². The van der Waals surface area contributed by atoms with Crippen LogP contribution in [0.3, 0.4) is 0 Å². The third-order valence-corrected chi connectivity index (χ3v) is 6.35. The fourth-order valence-corrected chi connectivity index (χ4v) is 3.96. The molecule has 0 radical (unpaired) electrons. The minimum absolute atomic E-state index is 0.000230. The zero-order chi connectivity index (χ0) is 25.1. The van der Waals surface area contributed by atoms with Gasteiger partial charge in [0.1, 0.15) is 17.9 Å². The van der Waals surface area contributed by atoms with Gasteiger partial charge in [-0.25, -0.2) is 18.4 Å². The van der Waals surface area contributed by atoms with Crippen molar-refractivity contribution in [3.63, 3.8) is 0 Å². The van der Waals surface area contributed by atoms with E-state index in [1.54, 1.807) is 12.1 Å². The fraction of sp³-hybridized carbons (Fsp3) is 0.364. The summed E-state index contributed by atoms with van der Waals surface area (Å²) in [5, 5.41) is 3.37. The molecule has 0 aliphatic rings. The second-order valence-electron chi connectivity index (χ2n) is 7.50. The van der Waals surface area contributed by atoms with E-state index in [-0.39, 0.29) is 34.0 Å². The number of fused-ring (bicyclic) bond motifs is 1. The molecule has 8 nitrogen and oxygen atoms in total. The van der Waals surface area contributed by atoms with Crippen LogP contribution in [0.25, 0.3) is 10.9 Å². The van der Waals surface area contributed by atoms with E-state index >= 15 is 0 Å². The Labute approximate surface area is 195 Å². The maximum Gasteiger partial charge on any atom is 0.422 e. The molecule has 3 rings (SSSR count). The lowest BCUT2D eigenvalue weighted by Crippen LogP contribution is -2.19. The molecule has 1 N–H and O–H groups in total. The van der Waals surface area contributed by atoms with Crippen molar-refractivity contribution in [3.8, 4) is 17.2 Å². The lowest BCUT2D eigenvalue weighted by atomic mass is 10.2. The number of sulfone groups is 1. The maximum atomic E-state index is 12.8. The van der Waals surface area contributed by atoms with E-state index in [1.807, 2.05) is 13.8 Å². The van der Waals surface area contributed by atoms with E-state index in [0.717, 1.165) is 0 Å². The van der Waals surface area contributed by atoms with Gasteiger partial charge in [-0.3, -0.25) is 0 Å². The Kier molecular flexibility index (Phi) is 7.39. The quantitative estimate of drug-likeness (QED) is 0.444. The number of nitrogens with zero attached hydrogens (tertiary/aromatic N) is 2. The van der Waals surface area contributed by atoms with Crippen molar-refractivity contribution in [2.24, 2.45) is 0 Å². The van der Waals surface area contributed by atoms with Gasteiger partial charge in [-0.15, -0.1) is 0 Å². The second-order valence-corrected chi connectivity index (χ2v) is 9.78. The molecule has 0 amide bonds. The van der Waals surface area contributed by atoms with Crippen LogP contribution in [-0.2, 0) is 9.84 Å². The minimum atomic E-state index is -4.58. The van der Waals surface area contributed by atoms with Gasteiger partial charge in [-0.05, 0) is 38.1 Å². The number of methoxy groups -OCH3 is 1. The van der Waals surface area contributed by atoms with Gasteiger partial charge in [0.2, 0.25) is 0 Å². The Bertz CT molecular complexity index is 1280. The van der Waals surface area contributed by atoms with Crippen LogP contribution < -0.4 is 19.5 Å². The summed E-state index contributed by atoms with van der Waals surface area (Å²) >= 11 is 0. The first-order chi connectivity index (χ1) is 15.9. The molecular weight excluding hydrogens is 475 g/mol. The summed E-state index contributed by atoms with van der Waals surface area (Å²) in [6, 6.07) is 6.87. The van der Waals surface area contributed by atoms with E-state index in [1.165, 1.54) is 38.6 Å². The molecule has 0 fully saturated rings. The smallest absolute Gasteiger partial charge is 0.422 e. The maximum absolute atomic E-state index is 12.8. The van der Waals surface area contributed by atoms with Crippen LogP contribution in [0.15, 0.2) is 41.6 Å². The fourth-order valence-electron chi connectivity index (χ4n) is 3.05. The summed E-state index contributed by atoms with van der Waals surface area (Å²) in [7, 11) is -2.16. The standard InChI is InChI=1S/C22H24F3N3O5S/c1-5-34(29,30)14-6-7-18(32-11-22(23,24)25)17(8-14)28-21-15-9-19(31-4)20(33-13(2)3)10-16(15)26-12-27-21/h6-10,12-13H,5,11H2,1-4H3,(H,26,27,28). The van der Waals surface area contributed by atoms with Gasteiger partial charge in [0, 0.05) is 11.5 Å². The number of aromatic nitrogens is 2. The Morgan fingerprint density at radius 2 is 1.79 bits per heavy atom. The highest BCUT2D eigenvalue weighted by atomic mass is 32.2. The van der Waals surface area contributed by atoms with Crippen LogP contribution in [0.1, 0.15) is 20.8 Å². The molecule has 0 saturated heterocycles. The summed E-state index contributed by atoms with van der Waals surface area (Å²) in [5.41, 5.74) is 0.476. The number of hydrogen-bond donors (Lipinski definition) is 1. The number of benzene rings is 2. The number of hydrogen-bond acceptors (Lipinski definition) is 8. The van der Waals surface area contributed by atoms with Crippen LogP contribution >= 0.6 is 0 Å². The molecule has 0 unspecified atom stereocenters. The first kappa shape index (κ1) is 25.3. The number of ether oxygens (including phenoxy) is 3. The van der Waals surface area contributed by atoms with Crippen molar-refractivity contribution >= 4 is 32.2 Å². The molecule has 1 heterocycles. The lowest BCUT2D eigenvalue weighted by molar-refractivity contribution is -0.153. The largest absolute Gasteiger partial charge is 0.493 e. The van der Waals surface area contributed by atoms with Crippen molar-refractivity contribution < 1.29 is 35.8 Å². The van der Waals surface area contributed by atoms with Crippen LogP contribution in [0.2, 0.25) is 0 Å². The highest BCUT2D eigenvalue weighted by Gasteiger charge is 2.29. The van der Waals surface area contributed by atoms with Crippen molar-refractivity contribution in [1.29, 1.82) is 0 Å². The Morgan fingerprint density at radius 3 is 2.41 bits per heavy atom. The normalized spacial score (nSPS) is 12.1. The molecule has 2 aromatic carbocycles. The van der Waals surface area contributed by atoms with Crippen LogP contribution in [0.5, 0.6) is 17.2 Å². The van der Waals surface area contributed by atoms with Gasteiger partial charge in [-0.2, -0.15) is 13.2 Å². The van der Waals surface area contributed by atoms with E-state index in [4.69, 9.17) is 14.2 Å². The summed E-state index contributed by atoms with van der Waals surface area (Å²) < 4.78 is 79.0. The van der Waals surface area contributed by atoms with Crippen molar-refractivity contribution in [1.82, 2.24) is 9.97 Å². The topological polar surface area (TPSA) is 99.6 Å². The van der Waals surface area contributed by atoms with E-state index in [9.17, 15) is 21.6 Å². The lowest BCUT2D eigenvalue weighted by Gasteiger charge is -2.17. The average molecular weight is 500 g/mol. The van der Waals surface area contributed by atoms with Crippen molar-refractivity contribution in [2.75, 3.05) is 24.8 Å².